The van der Waals surface area contributed by atoms with Gasteiger partial charge < -0.3 is 9.88 Å². The molecule has 1 aromatic heterocycles. The van der Waals surface area contributed by atoms with Crippen LogP contribution in [0.5, 0.6) is 0 Å². The van der Waals surface area contributed by atoms with Crippen LogP contribution in [0.25, 0.3) is 0 Å². The van der Waals surface area contributed by atoms with Gasteiger partial charge in [-0.15, -0.1) is 0 Å². The first-order valence-electron chi connectivity index (χ1n) is 6.17. The number of H-pyrrole nitrogens is 1. The summed E-state index contributed by atoms with van der Waals surface area (Å²) < 4.78 is 0. The highest BCUT2D eigenvalue weighted by molar-refractivity contribution is 6.05. The van der Waals surface area contributed by atoms with Crippen molar-refractivity contribution < 1.29 is 4.79 Å². The van der Waals surface area contributed by atoms with Crippen molar-refractivity contribution in [3.8, 4) is 0 Å². The van der Waals surface area contributed by atoms with Gasteiger partial charge in [-0.05, 0) is 24.1 Å². The van der Waals surface area contributed by atoms with E-state index in [1.54, 1.807) is 7.05 Å². The third kappa shape index (κ3) is 2.73. The molecule has 0 saturated carbocycles. The van der Waals surface area contributed by atoms with Gasteiger partial charge in [-0.25, -0.2) is 0 Å². The van der Waals surface area contributed by atoms with Gasteiger partial charge in [0.2, 0.25) is 0 Å². The number of carbonyl (C=O) groups excluding carboxylic acids is 1. The van der Waals surface area contributed by atoms with Crippen LogP contribution in [-0.4, -0.2) is 17.9 Å². The molecular formula is C15H16N2O2. The highest BCUT2D eigenvalue weighted by Gasteiger charge is 2.15. The minimum absolute atomic E-state index is 0.143. The van der Waals surface area contributed by atoms with Crippen LogP contribution in [0.2, 0.25) is 0 Å². The zero-order valence-corrected chi connectivity index (χ0v) is 11.0. The summed E-state index contributed by atoms with van der Waals surface area (Å²) in [5.41, 5.74) is 1.85. The number of hydrogen-bond donors (Lipinski definition) is 1. The summed E-state index contributed by atoms with van der Waals surface area (Å²) in [6.07, 6.45) is 3.90. The molecule has 0 atom stereocenters. The molecule has 0 unspecified atom stereocenters. The first-order valence-corrected chi connectivity index (χ1v) is 6.17. The number of aromatic nitrogens is 1. The Balaban J connectivity index is 2.28. The number of benzene rings is 1. The molecule has 0 radical (unpaired) electrons. The second-order valence-corrected chi connectivity index (χ2v) is 4.31. The minimum atomic E-state index is -0.314. The third-order valence-electron chi connectivity index (χ3n) is 3.09. The molecule has 4 heteroatoms. The Morgan fingerprint density at radius 2 is 1.89 bits per heavy atom. The van der Waals surface area contributed by atoms with Crippen LogP contribution in [0.1, 0.15) is 22.8 Å². The number of hydrogen-bond acceptors (Lipinski definition) is 2. The average molecular weight is 256 g/mol. The van der Waals surface area contributed by atoms with E-state index < -0.39 is 0 Å². The molecule has 0 aliphatic rings. The summed E-state index contributed by atoms with van der Waals surface area (Å²) in [6.45, 7) is 2.08. The number of amides is 1. The maximum absolute atomic E-state index is 12.2. The number of aromatic amines is 1. The van der Waals surface area contributed by atoms with E-state index >= 15 is 0 Å². The fourth-order valence-corrected chi connectivity index (χ4v) is 1.84. The molecule has 0 aliphatic carbocycles. The number of rotatable bonds is 3. The number of nitrogens with one attached hydrogen (secondary N) is 1. The van der Waals surface area contributed by atoms with Gasteiger partial charge in [0.15, 0.2) is 5.43 Å². The summed E-state index contributed by atoms with van der Waals surface area (Å²) in [5, 5.41) is 0. The number of nitrogens with zero attached hydrogens (tertiary/aromatic N) is 1. The summed E-state index contributed by atoms with van der Waals surface area (Å²) in [6, 6.07) is 9.08. The zero-order chi connectivity index (χ0) is 13.8. The van der Waals surface area contributed by atoms with Crippen LogP contribution in [0, 0.1) is 0 Å². The average Bonchev–Trinajstić information content (AvgIpc) is 2.46. The largest absolute Gasteiger partial charge is 0.367 e. The molecule has 0 saturated heterocycles. The lowest BCUT2D eigenvalue weighted by atomic mass is 10.1. The summed E-state index contributed by atoms with van der Waals surface area (Å²) >= 11 is 0. The smallest absolute Gasteiger partial charge is 0.263 e. The molecule has 1 heterocycles. The maximum atomic E-state index is 12.2. The van der Waals surface area contributed by atoms with Gasteiger partial charge in [-0.1, -0.05) is 19.1 Å². The molecule has 0 fully saturated rings. The van der Waals surface area contributed by atoms with Crippen molar-refractivity contribution in [2.75, 3.05) is 11.9 Å². The molecule has 1 N–H and O–H groups in total. The number of anilines is 1. The first-order chi connectivity index (χ1) is 9.13. The van der Waals surface area contributed by atoms with Crippen LogP contribution in [-0.2, 0) is 6.42 Å². The van der Waals surface area contributed by atoms with Crippen molar-refractivity contribution in [2.24, 2.45) is 0 Å². The van der Waals surface area contributed by atoms with E-state index in [4.69, 9.17) is 0 Å². The van der Waals surface area contributed by atoms with Gasteiger partial charge in [0.05, 0.1) is 0 Å². The van der Waals surface area contributed by atoms with Crippen molar-refractivity contribution in [1.29, 1.82) is 0 Å². The molecule has 0 bridgehead atoms. The van der Waals surface area contributed by atoms with E-state index in [1.165, 1.54) is 28.9 Å². The third-order valence-corrected chi connectivity index (χ3v) is 3.09. The molecule has 1 amide bonds. The van der Waals surface area contributed by atoms with E-state index in [0.29, 0.717) is 0 Å². The Morgan fingerprint density at radius 1 is 1.21 bits per heavy atom. The van der Waals surface area contributed by atoms with Gasteiger partial charge in [-0.3, -0.25) is 9.59 Å². The van der Waals surface area contributed by atoms with Crippen molar-refractivity contribution in [3.63, 3.8) is 0 Å². The molecule has 19 heavy (non-hydrogen) atoms. The molecule has 0 aliphatic heterocycles. The monoisotopic (exact) mass is 256 g/mol. The molecule has 1 aromatic carbocycles. The minimum Gasteiger partial charge on any atom is -0.367 e. The molecule has 0 spiro atoms. The Bertz CT molecular complexity index is 629. The molecule has 4 nitrogen and oxygen atoms in total. The van der Waals surface area contributed by atoms with Gasteiger partial charge in [0, 0.05) is 31.2 Å². The maximum Gasteiger partial charge on any atom is 0.263 e. The highest BCUT2D eigenvalue weighted by Crippen LogP contribution is 2.15. The highest BCUT2D eigenvalue weighted by atomic mass is 16.2. The van der Waals surface area contributed by atoms with Crippen LogP contribution >= 0.6 is 0 Å². The zero-order valence-electron chi connectivity index (χ0n) is 11.0. The van der Waals surface area contributed by atoms with Crippen molar-refractivity contribution in [3.05, 3.63) is 64.1 Å². The van der Waals surface area contributed by atoms with E-state index in [9.17, 15) is 9.59 Å². The fourth-order valence-electron chi connectivity index (χ4n) is 1.84. The lowest BCUT2D eigenvalue weighted by Crippen LogP contribution is -2.30. The normalized spacial score (nSPS) is 10.2. The van der Waals surface area contributed by atoms with Crippen LogP contribution < -0.4 is 10.3 Å². The molecular weight excluding hydrogens is 240 g/mol. The number of carbonyl (C=O) groups is 1. The van der Waals surface area contributed by atoms with Gasteiger partial charge in [0.25, 0.3) is 5.91 Å². The SMILES string of the molecule is CCc1ccc(N(C)C(=O)c2c[nH]ccc2=O)cc1. The second-order valence-electron chi connectivity index (χ2n) is 4.31. The standard InChI is InChI=1S/C15H16N2O2/c1-3-11-4-6-12(7-5-11)17(2)15(19)13-10-16-9-8-14(13)18/h4-10H,3H2,1-2H3,(H,16,18). The summed E-state index contributed by atoms with van der Waals surface area (Å²) in [5.74, 6) is -0.314. The van der Waals surface area contributed by atoms with E-state index in [0.717, 1.165) is 12.1 Å². The van der Waals surface area contributed by atoms with Gasteiger partial charge in [-0.2, -0.15) is 0 Å². The van der Waals surface area contributed by atoms with Crippen LogP contribution in [0.4, 0.5) is 5.69 Å². The van der Waals surface area contributed by atoms with E-state index in [1.807, 2.05) is 24.3 Å². The Labute approximate surface area is 111 Å². The Hall–Kier alpha value is -2.36. The van der Waals surface area contributed by atoms with E-state index in [2.05, 4.69) is 11.9 Å². The van der Waals surface area contributed by atoms with Crippen LogP contribution in [0.15, 0.2) is 47.5 Å². The van der Waals surface area contributed by atoms with Crippen molar-refractivity contribution in [2.45, 2.75) is 13.3 Å². The first kappa shape index (κ1) is 13.1. The van der Waals surface area contributed by atoms with Gasteiger partial charge in [0.1, 0.15) is 5.56 Å². The lowest BCUT2D eigenvalue weighted by Gasteiger charge is -2.17. The molecule has 98 valence electrons. The summed E-state index contributed by atoms with van der Waals surface area (Å²) in [4.78, 5) is 28.1. The van der Waals surface area contributed by atoms with E-state index in [-0.39, 0.29) is 16.9 Å². The van der Waals surface area contributed by atoms with Gasteiger partial charge >= 0.3 is 0 Å². The van der Waals surface area contributed by atoms with Crippen LogP contribution in [0.3, 0.4) is 0 Å². The second kappa shape index (κ2) is 5.52. The number of pyridine rings is 1. The quantitative estimate of drug-likeness (QED) is 0.915. The summed E-state index contributed by atoms with van der Waals surface area (Å²) in [7, 11) is 1.66. The predicted octanol–water partition coefficient (Wildman–Crippen LogP) is 2.21. The number of aryl methyl sites for hydroxylation is 1. The molecule has 2 aromatic rings. The fraction of sp³-hybridized carbons (Fsp3) is 0.200. The predicted molar refractivity (Wildman–Crippen MR) is 75.6 cm³/mol. The van der Waals surface area contributed by atoms with Crippen molar-refractivity contribution in [1.82, 2.24) is 4.98 Å². The Kier molecular flexibility index (Phi) is 3.80. The van der Waals surface area contributed by atoms with Crippen molar-refractivity contribution >= 4 is 11.6 Å². The molecule has 2 rings (SSSR count). The Morgan fingerprint density at radius 3 is 2.47 bits per heavy atom. The lowest BCUT2D eigenvalue weighted by molar-refractivity contribution is 0.0991. The topological polar surface area (TPSA) is 53.2 Å².